The summed E-state index contributed by atoms with van der Waals surface area (Å²) < 4.78 is 0. The van der Waals surface area contributed by atoms with Crippen LogP contribution in [0, 0.1) is 5.92 Å². The van der Waals surface area contributed by atoms with E-state index in [-0.39, 0.29) is 24.4 Å². The number of amides is 1. The highest BCUT2D eigenvalue weighted by atomic mass is 35.5. The first-order valence-electron chi connectivity index (χ1n) is 8.84. The third kappa shape index (κ3) is 5.50. The molecule has 130 valence electrons. The van der Waals surface area contributed by atoms with Crippen molar-refractivity contribution in [3.63, 3.8) is 0 Å². The first-order chi connectivity index (χ1) is 10.8. The standard InChI is InChI=1S/C19H30N2O.ClH/c1-3-5-15-21(19(22)17-11-13-20-14-12-17)18(4-2)16-9-7-6-8-10-16;/h6-10,17-18,20H,3-5,11-15H2,1-2H3;1H. The molecule has 1 aliphatic rings. The molecule has 1 unspecified atom stereocenters. The average molecular weight is 339 g/mol. The molecule has 0 radical (unpaired) electrons. The molecule has 1 aliphatic heterocycles. The van der Waals surface area contributed by atoms with Gasteiger partial charge in [-0.1, -0.05) is 50.6 Å². The van der Waals surface area contributed by atoms with Crippen LogP contribution in [0.25, 0.3) is 0 Å². The van der Waals surface area contributed by atoms with Gasteiger partial charge >= 0.3 is 0 Å². The molecule has 0 aromatic heterocycles. The molecule has 1 heterocycles. The smallest absolute Gasteiger partial charge is 0.226 e. The number of hydrogen-bond acceptors (Lipinski definition) is 2. The molecular formula is C19H31ClN2O. The Kier molecular flexibility index (Phi) is 9.27. The van der Waals surface area contributed by atoms with Gasteiger partial charge in [-0.3, -0.25) is 4.79 Å². The van der Waals surface area contributed by atoms with Crippen molar-refractivity contribution in [1.29, 1.82) is 0 Å². The highest BCUT2D eigenvalue weighted by Gasteiger charge is 2.30. The van der Waals surface area contributed by atoms with Crippen LogP contribution in [0.5, 0.6) is 0 Å². The van der Waals surface area contributed by atoms with Crippen LogP contribution in [0.1, 0.15) is 57.6 Å². The van der Waals surface area contributed by atoms with Gasteiger partial charge in [0, 0.05) is 12.5 Å². The van der Waals surface area contributed by atoms with Crippen molar-refractivity contribution in [3.05, 3.63) is 35.9 Å². The van der Waals surface area contributed by atoms with Crippen molar-refractivity contribution < 1.29 is 4.79 Å². The molecule has 23 heavy (non-hydrogen) atoms. The predicted molar refractivity (Wildman–Crippen MR) is 98.9 cm³/mol. The van der Waals surface area contributed by atoms with E-state index in [1.165, 1.54) is 5.56 Å². The lowest BCUT2D eigenvalue weighted by Gasteiger charge is -2.35. The quantitative estimate of drug-likeness (QED) is 0.808. The second kappa shape index (κ2) is 10.7. The van der Waals surface area contributed by atoms with Gasteiger partial charge in [-0.15, -0.1) is 12.4 Å². The maximum absolute atomic E-state index is 13.1. The van der Waals surface area contributed by atoms with Crippen LogP contribution in [0.3, 0.4) is 0 Å². The molecule has 4 heteroatoms. The van der Waals surface area contributed by atoms with E-state index in [9.17, 15) is 4.79 Å². The zero-order valence-corrected chi connectivity index (χ0v) is 15.3. The van der Waals surface area contributed by atoms with Crippen LogP contribution >= 0.6 is 12.4 Å². The largest absolute Gasteiger partial charge is 0.335 e. The SMILES string of the molecule is CCCCN(C(=O)C1CCNCC1)C(CC)c1ccccc1.Cl. The second-order valence-electron chi connectivity index (χ2n) is 6.24. The Hall–Kier alpha value is -1.06. The summed E-state index contributed by atoms with van der Waals surface area (Å²) in [5, 5.41) is 3.36. The van der Waals surface area contributed by atoms with Crippen molar-refractivity contribution >= 4 is 18.3 Å². The molecule has 1 atom stereocenters. The van der Waals surface area contributed by atoms with Gasteiger partial charge in [-0.05, 0) is 44.3 Å². The summed E-state index contributed by atoms with van der Waals surface area (Å²) >= 11 is 0. The fourth-order valence-corrected chi connectivity index (χ4v) is 3.36. The van der Waals surface area contributed by atoms with E-state index in [4.69, 9.17) is 0 Å². The molecule has 0 bridgehead atoms. The maximum atomic E-state index is 13.1. The number of carbonyl (C=O) groups is 1. The van der Waals surface area contributed by atoms with Crippen molar-refractivity contribution in [1.82, 2.24) is 10.2 Å². The molecule has 1 N–H and O–H groups in total. The number of hydrogen-bond donors (Lipinski definition) is 1. The highest BCUT2D eigenvalue weighted by molar-refractivity contribution is 5.85. The first-order valence-corrected chi connectivity index (χ1v) is 8.84. The van der Waals surface area contributed by atoms with Crippen molar-refractivity contribution in [2.45, 2.75) is 52.0 Å². The fourth-order valence-electron chi connectivity index (χ4n) is 3.36. The number of halogens is 1. The molecule has 1 saturated heterocycles. The predicted octanol–water partition coefficient (Wildman–Crippen LogP) is 4.19. The van der Waals surface area contributed by atoms with E-state index in [0.717, 1.165) is 51.7 Å². The Morgan fingerprint density at radius 1 is 1.22 bits per heavy atom. The zero-order valence-electron chi connectivity index (χ0n) is 14.5. The number of nitrogens with one attached hydrogen (secondary N) is 1. The van der Waals surface area contributed by atoms with E-state index in [1.54, 1.807) is 0 Å². The molecular weight excluding hydrogens is 308 g/mol. The number of nitrogens with zero attached hydrogens (tertiary/aromatic N) is 1. The van der Waals surface area contributed by atoms with Gasteiger partial charge in [0.05, 0.1) is 6.04 Å². The molecule has 1 fully saturated rings. The molecule has 0 spiro atoms. The molecule has 3 nitrogen and oxygen atoms in total. The zero-order chi connectivity index (χ0) is 15.8. The molecule has 1 amide bonds. The van der Waals surface area contributed by atoms with Gasteiger partial charge in [-0.2, -0.15) is 0 Å². The minimum atomic E-state index is 0. The number of unbranched alkanes of at least 4 members (excludes halogenated alkanes) is 1. The number of rotatable bonds is 7. The summed E-state index contributed by atoms with van der Waals surface area (Å²) in [5.41, 5.74) is 1.27. The fraction of sp³-hybridized carbons (Fsp3) is 0.632. The first kappa shape index (κ1) is 20.0. The lowest BCUT2D eigenvalue weighted by atomic mass is 9.94. The van der Waals surface area contributed by atoms with Crippen molar-refractivity contribution in [2.24, 2.45) is 5.92 Å². The van der Waals surface area contributed by atoms with E-state index in [2.05, 4.69) is 48.3 Å². The maximum Gasteiger partial charge on any atom is 0.226 e. The Labute approximate surface area is 147 Å². The normalized spacial score (nSPS) is 16.4. The van der Waals surface area contributed by atoms with Crippen LogP contribution in [0.4, 0.5) is 0 Å². The van der Waals surface area contributed by atoms with Gasteiger partial charge in [-0.25, -0.2) is 0 Å². The summed E-state index contributed by atoms with van der Waals surface area (Å²) in [4.78, 5) is 15.2. The summed E-state index contributed by atoms with van der Waals surface area (Å²) in [6.45, 7) is 7.20. The summed E-state index contributed by atoms with van der Waals surface area (Å²) in [6.07, 6.45) is 5.14. The van der Waals surface area contributed by atoms with E-state index in [0.29, 0.717) is 5.91 Å². The minimum Gasteiger partial charge on any atom is -0.335 e. The monoisotopic (exact) mass is 338 g/mol. The molecule has 0 aliphatic carbocycles. The summed E-state index contributed by atoms with van der Waals surface area (Å²) in [6, 6.07) is 10.7. The Balaban J connectivity index is 0.00000264. The second-order valence-corrected chi connectivity index (χ2v) is 6.24. The third-order valence-electron chi connectivity index (χ3n) is 4.67. The van der Waals surface area contributed by atoms with Crippen LogP contribution in [-0.2, 0) is 4.79 Å². The van der Waals surface area contributed by atoms with Crippen molar-refractivity contribution in [3.8, 4) is 0 Å². The Morgan fingerprint density at radius 2 is 1.87 bits per heavy atom. The lowest BCUT2D eigenvalue weighted by Crippen LogP contribution is -2.43. The number of carbonyl (C=O) groups excluding carboxylic acids is 1. The van der Waals surface area contributed by atoms with Gasteiger partial charge in [0.2, 0.25) is 5.91 Å². The average Bonchev–Trinajstić information content (AvgIpc) is 2.59. The molecule has 0 saturated carbocycles. The highest BCUT2D eigenvalue weighted by Crippen LogP contribution is 2.28. The van der Waals surface area contributed by atoms with Crippen LogP contribution in [0.15, 0.2) is 30.3 Å². The number of benzene rings is 1. The lowest BCUT2D eigenvalue weighted by molar-refractivity contribution is -0.139. The molecule has 1 aromatic carbocycles. The van der Waals surface area contributed by atoms with Crippen LogP contribution in [0.2, 0.25) is 0 Å². The molecule has 1 aromatic rings. The van der Waals surface area contributed by atoms with Crippen LogP contribution in [-0.4, -0.2) is 30.4 Å². The summed E-state index contributed by atoms with van der Waals surface area (Å²) in [7, 11) is 0. The summed E-state index contributed by atoms with van der Waals surface area (Å²) in [5.74, 6) is 0.571. The Bertz CT molecular complexity index is 446. The van der Waals surface area contributed by atoms with Gasteiger partial charge < -0.3 is 10.2 Å². The van der Waals surface area contributed by atoms with E-state index < -0.39 is 0 Å². The van der Waals surface area contributed by atoms with Crippen molar-refractivity contribution in [2.75, 3.05) is 19.6 Å². The Morgan fingerprint density at radius 3 is 2.43 bits per heavy atom. The topological polar surface area (TPSA) is 32.3 Å². The number of piperidine rings is 1. The van der Waals surface area contributed by atoms with Gasteiger partial charge in [0.1, 0.15) is 0 Å². The van der Waals surface area contributed by atoms with Crippen LogP contribution < -0.4 is 5.32 Å². The van der Waals surface area contributed by atoms with Gasteiger partial charge in [0.15, 0.2) is 0 Å². The van der Waals surface area contributed by atoms with Gasteiger partial charge in [0.25, 0.3) is 0 Å². The van der Waals surface area contributed by atoms with E-state index in [1.807, 2.05) is 6.07 Å². The molecule has 2 rings (SSSR count). The minimum absolute atomic E-state index is 0. The van der Waals surface area contributed by atoms with E-state index >= 15 is 0 Å². The third-order valence-corrected chi connectivity index (χ3v) is 4.67.